The highest BCUT2D eigenvalue weighted by molar-refractivity contribution is 5.80. The van der Waals surface area contributed by atoms with Gasteiger partial charge in [-0.1, -0.05) is 0 Å². The zero-order valence-electron chi connectivity index (χ0n) is 9.83. The van der Waals surface area contributed by atoms with Crippen LogP contribution >= 0.6 is 0 Å². The van der Waals surface area contributed by atoms with Gasteiger partial charge in [0.1, 0.15) is 6.04 Å². The number of carboxylic acid groups (broad SMARTS) is 2. The van der Waals surface area contributed by atoms with Gasteiger partial charge in [-0.2, -0.15) is 0 Å². The lowest BCUT2D eigenvalue weighted by atomic mass is 10.2. The zero-order valence-corrected chi connectivity index (χ0v) is 9.83. The lowest BCUT2D eigenvalue weighted by Gasteiger charge is -2.18. The van der Waals surface area contributed by atoms with Crippen molar-refractivity contribution in [1.29, 1.82) is 0 Å². The number of carbonyl (C=O) groups is 2. The molecule has 0 saturated carbocycles. The summed E-state index contributed by atoms with van der Waals surface area (Å²) in [7, 11) is 0. The fourth-order valence-electron chi connectivity index (χ4n) is 1.89. The van der Waals surface area contributed by atoms with E-state index in [0.717, 1.165) is 4.90 Å². The summed E-state index contributed by atoms with van der Waals surface area (Å²) in [4.78, 5) is 22.6. The fourth-order valence-corrected chi connectivity index (χ4v) is 1.89. The predicted molar refractivity (Wildman–Crippen MR) is 56.7 cm³/mol. The number of hydrogen-bond donors (Lipinski definition) is 2. The Morgan fingerprint density at radius 2 is 2.12 bits per heavy atom. The minimum Gasteiger partial charge on any atom is -0.480 e. The molecule has 1 fully saturated rings. The molecule has 7 heteroatoms. The first-order valence-electron chi connectivity index (χ1n) is 5.45. The van der Waals surface area contributed by atoms with Gasteiger partial charge in [0.15, 0.2) is 6.29 Å². The number of likely N-dealkylation sites (tertiary alicyclic amines) is 1. The summed E-state index contributed by atoms with van der Waals surface area (Å²) in [6.45, 7) is 4.06. The van der Waals surface area contributed by atoms with Crippen molar-refractivity contribution >= 4 is 12.1 Å². The van der Waals surface area contributed by atoms with Crippen LogP contribution in [0.5, 0.6) is 0 Å². The topological polar surface area (TPSA) is 96.3 Å². The quantitative estimate of drug-likeness (QED) is 0.690. The van der Waals surface area contributed by atoms with Gasteiger partial charge in [0.25, 0.3) is 0 Å². The van der Waals surface area contributed by atoms with E-state index in [1.807, 2.05) is 6.92 Å². The van der Waals surface area contributed by atoms with Crippen LogP contribution in [0, 0.1) is 0 Å². The van der Waals surface area contributed by atoms with Crippen molar-refractivity contribution in [2.45, 2.75) is 38.7 Å². The summed E-state index contributed by atoms with van der Waals surface area (Å²) < 4.78 is 10.6. The third-order valence-electron chi connectivity index (χ3n) is 2.58. The van der Waals surface area contributed by atoms with Gasteiger partial charge < -0.3 is 19.7 Å². The molecule has 3 atom stereocenters. The van der Waals surface area contributed by atoms with Gasteiger partial charge in [0, 0.05) is 13.0 Å². The molecule has 0 aliphatic carbocycles. The molecule has 7 nitrogen and oxygen atoms in total. The van der Waals surface area contributed by atoms with Gasteiger partial charge in [-0.25, -0.2) is 9.59 Å². The summed E-state index contributed by atoms with van der Waals surface area (Å²) >= 11 is 0. The highest BCUT2D eigenvalue weighted by Gasteiger charge is 2.40. The molecule has 0 radical (unpaired) electrons. The minimum atomic E-state index is -1.24. The van der Waals surface area contributed by atoms with Crippen LogP contribution in [0.15, 0.2) is 0 Å². The Morgan fingerprint density at radius 3 is 2.53 bits per heavy atom. The monoisotopic (exact) mass is 247 g/mol. The van der Waals surface area contributed by atoms with Gasteiger partial charge in [-0.05, 0) is 13.8 Å². The normalized spacial score (nSPS) is 25.9. The highest BCUT2D eigenvalue weighted by atomic mass is 16.7. The van der Waals surface area contributed by atoms with E-state index >= 15 is 0 Å². The molecule has 1 saturated heterocycles. The molecule has 1 rings (SSSR count). The van der Waals surface area contributed by atoms with Crippen LogP contribution in [0.4, 0.5) is 4.79 Å². The molecule has 17 heavy (non-hydrogen) atoms. The fraction of sp³-hybridized carbons (Fsp3) is 0.800. The SMILES string of the molecule is CCOC(C)O[C@@H]1C[C@@H](C(=O)O)N(C(=O)O)C1. The lowest BCUT2D eigenvalue weighted by Crippen LogP contribution is -2.39. The van der Waals surface area contributed by atoms with E-state index in [-0.39, 0.29) is 13.0 Å². The maximum Gasteiger partial charge on any atom is 0.408 e. The van der Waals surface area contributed by atoms with E-state index < -0.39 is 30.5 Å². The van der Waals surface area contributed by atoms with Gasteiger partial charge >= 0.3 is 12.1 Å². The Labute approximate surface area is 98.9 Å². The summed E-state index contributed by atoms with van der Waals surface area (Å²) in [5.41, 5.74) is 0. The third kappa shape index (κ3) is 3.57. The number of rotatable bonds is 5. The van der Waals surface area contributed by atoms with E-state index in [9.17, 15) is 9.59 Å². The maximum atomic E-state index is 10.9. The second-order valence-corrected chi connectivity index (χ2v) is 3.81. The molecule has 98 valence electrons. The number of hydrogen-bond acceptors (Lipinski definition) is 4. The highest BCUT2D eigenvalue weighted by Crippen LogP contribution is 2.22. The molecule has 1 amide bonds. The van der Waals surface area contributed by atoms with Gasteiger partial charge in [0.2, 0.25) is 0 Å². The van der Waals surface area contributed by atoms with Crippen LogP contribution in [-0.2, 0) is 14.3 Å². The average molecular weight is 247 g/mol. The Hall–Kier alpha value is -1.34. The first-order valence-corrected chi connectivity index (χ1v) is 5.45. The first kappa shape index (κ1) is 13.7. The van der Waals surface area contributed by atoms with Crippen molar-refractivity contribution in [1.82, 2.24) is 4.90 Å². The molecule has 2 N–H and O–H groups in total. The molecule has 1 aliphatic heterocycles. The number of nitrogens with zero attached hydrogens (tertiary/aromatic N) is 1. The van der Waals surface area contributed by atoms with Crippen LogP contribution in [-0.4, -0.2) is 58.8 Å². The molecule has 0 spiro atoms. The summed E-state index contributed by atoms with van der Waals surface area (Å²) in [6, 6.07) is -1.04. The molecule has 1 unspecified atom stereocenters. The van der Waals surface area contributed by atoms with Gasteiger partial charge in [0.05, 0.1) is 12.6 Å². The summed E-state index contributed by atoms with van der Waals surface area (Å²) in [5, 5.41) is 17.8. The molecule has 1 heterocycles. The van der Waals surface area contributed by atoms with Gasteiger partial charge in [-0.3, -0.25) is 4.90 Å². The van der Waals surface area contributed by atoms with Crippen molar-refractivity contribution in [3.05, 3.63) is 0 Å². The molecular formula is C10H17NO6. The van der Waals surface area contributed by atoms with Gasteiger partial charge in [-0.15, -0.1) is 0 Å². The molecule has 0 bridgehead atoms. The van der Waals surface area contributed by atoms with Crippen molar-refractivity contribution in [3.63, 3.8) is 0 Å². The Bertz CT molecular complexity index is 273. The number of carboxylic acids is 1. The number of ether oxygens (including phenoxy) is 2. The molecular weight excluding hydrogens is 230 g/mol. The zero-order chi connectivity index (χ0) is 13.0. The van der Waals surface area contributed by atoms with Crippen molar-refractivity contribution in [3.8, 4) is 0 Å². The Morgan fingerprint density at radius 1 is 1.47 bits per heavy atom. The van der Waals surface area contributed by atoms with Crippen LogP contribution < -0.4 is 0 Å². The van der Waals surface area contributed by atoms with E-state index in [2.05, 4.69) is 0 Å². The number of aliphatic carboxylic acids is 1. The average Bonchev–Trinajstić information content (AvgIpc) is 2.62. The number of amides is 1. The predicted octanol–water partition coefficient (Wildman–Crippen LogP) is 0.591. The van der Waals surface area contributed by atoms with Crippen molar-refractivity contribution in [2.75, 3.05) is 13.2 Å². The minimum absolute atomic E-state index is 0.0592. The van der Waals surface area contributed by atoms with Crippen molar-refractivity contribution in [2.24, 2.45) is 0 Å². The summed E-state index contributed by atoms with van der Waals surface area (Å²) in [5.74, 6) is -1.15. The molecule has 0 aromatic carbocycles. The second-order valence-electron chi connectivity index (χ2n) is 3.81. The first-order chi connectivity index (χ1) is 7.95. The van der Waals surface area contributed by atoms with Crippen LogP contribution in [0.3, 0.4) is 0 Å². The van der Waals surface area contributed by atoms with E-state index in [1.165, 1.54) is 0 Å². The Kier molecular flexibility index (Phi) is 4.71. The van der Waals surface area contributed by atoms with Crippen LogP contribution in [0.2, 0.25) is 0 Å². The molecule has 0 aromatic heterocycles. The third-order valence-corrected chi connectivity index (χ3v) is 2.58. The second kappa shape index (κ2) is 5.83. The molecule has 1 aliphatic rings. The maximum absolute atomic E-state index is 10.9. The van der Waals surface area contributed by atoms with E-state index in [4.69, 9.17) is 19.7 Å². The smallest absolute Gasteiger partial charge is 0.408 e. The standard InChI is InChI=1S/C10H17NO6/c1-3-16-6(2)17-7-4-8(9(12)13)11(5-7)10(14)15/h6-8H,3-5H2,1-2H3,(H,12,13)(H,14,15)/t6?,7-,8+/m1/s1. The van der Waals surface area contributed by atoms with Crippen LogP contribution in [0.1, 0.15) is 20.3 Å². The summed E-state index contributed by atoms with van der Waals surface area (Å²) in [6.07, 6.45) is -1.99. The van der Waals surface area contributed by atoms with E-state index in [1.54, 1.807) is 6.92 Å². The van der Waals surface area contributed by atoms with E-state index in [0.29, 0.717) is 6.61 Å². The largest absolute Gasteiger partial charge is 0.480 e. The van der Waals surface area contributed by atoms with Crippen molar-refractivity contribution < 1.29 is 29.3 Å². The Balaban J connectivity index is 2.56. The lowest BCUT2D eigenvalue weighted by molar-refractivity contribution is -0.154. The van der Waals surface area contributed by atoms with Crippen LogP contribution in [0.25, 0.3) is 0 Å². The molecule has 0 aromatic rings.